The Morgan fingerprint density at radius 2 is 0.915 bits per heavy atom. The standard InChI is InChI=1S/C41H48N2O4/c1-3-5-7-9-11-13-23-41(24-14-12-10-8-6-4-2)35-25-29(31-17-21-37(39(44)45)42-27-31)15-19-33(35)34-20-16-30(26-36(34)41)32-18-22-38(40(46)47)43-28-32/h15-22,25-28H,3-14,23-24H2,1-2H3,(H,44,45)(H,46,47). The molecule has 2 N–H and O–H groups in total. The van der Waals surface area contributed by atoms with Gasteiger partial charge in [0, 0.05) is 28.9 Å². The van der Waals surface area contributed by atoms with Crippen molar-refractivity contribution < 1.29 is 19.8 Å². The van der Waals surface area contributed by atoms with Crippen molar-refractivity contribution in [1.82, 2.24) is 9.97 Å². The van der Waals surface area contributed by atoms with E-state index < -0.39 is 11.9 Å². The first-order valence-corrected chi connectivity index (χ1v) is 17.6. The van der Waals surface area contributed by atoms with Gasteiger partial charge >= 0.3 is 11.9 Å². The van der Waals surface area contributed by atoms with E-state index in [9.17, 15) is 19.8 Å². The Balaban J connectivity index is 1.58. The molecule has 0 saturated heterocycles. The molecule has 0 aliphatic heterocycles. The number of rotatable bonds is 18. The van der Waals surface area contributed by atoms with Gasteiger partial charge in [0.2, 0.25) is 0 Å². The van der Waals surface area contributed by atoms with Crippen LogP contribution < -0.4 is 0 Å². The van der Waals surface area contributed by atoms with Crippen LogP contribution in [0.4, 0.5) is 0 Å². The Labute approximate surface area is 279 Å². The number of unbranched alkanes of at least 4 members (excludes halogenated alkanes) is 10. The molecule has 0 saturated carbocycles. The van der Waals surface area contributed by atoms with Crippen LogP contribution in [0.1, 0.15) is 136 Å². The lowest BCUT2D eigenvalue weighted by molar-refractivity contribution is 0.0680. The molecule has 246 valence electrons. The second-order valence-corrected chi connectivity index (χ2v) is 13.1. The zero-order valence-electron chi connectivity index (χ0n) is 27.9. The van der Waals surface area contributed by atoms with Crippen LogP contribution in [-0.2, 0) is 5.41 Å². The molecule has 2 aromatic heterocycles. The molecule has 0 radical (unpaired) electrons. The van der Waals surface area contributed by atoms with Crippen LogP contribution in [0, 0.1) is 0 Å². The molecule has 1 aliphatic rings. The maximum absolute atomic E-state index is 11.5. The summed E-state index contributed by atoms with van der Waals surface area (Å²) in [5.41, 5.74) is 9.08. The predicted octanol–water partition coefficient (Wildman–Crippen LogP) is 11.0. The Bertz CT molecular complexity index is 1540. The topological polar surface area (TPSA) is 100 Å². The van der Waals surface area contributed by atoms with Gasteiger partial charge in [-0.2, -0.15) is 0 Å². The highest BCUT2D eigenvalue weighted by molar-refractivity contribution is 5.88. The fraction of sp³-hybridized carbons (Fsp3) is 0.415. The summed E-state index contributed by atoms with van der Waals surface area (Å²) in [5.74, 6) is -2.05. The number of carboxylic acid groups (broad SMARTS) is 2. The molecule has 1 aliphatic carbocycles. The molecule has 0 unspecified atom stereocenters. The van der Waals surface area contributed by atoms with E-state index in [0.29, 0.717) is 0 Å². The van der Waals surface area contributed by atoms with Crippen molar-refractivity contribution in [2.45, 2.75) is 109 Å². The summed E-state index contributed by atoms with van der Waals surface area (Å²) in [6.45, 7) is 4.51. The highest BCUT2D eigenvalue weighted by atomic mass is 16.4. The van der Waals surface area contributed by atoms with Crippen molar-refractivity contribution in [3.63, 3.8) is 0 Å². The zero-order chi connectivity index (χ0) is 33.2. The molecule has 0 amide bonds. The second kappa shape index (κ2) is 16.0. The van der Waals surface area contributed by atoms with Crippen molar-refractivity contribution in [3.8, 4) is 33.4 Å². The Kier molecular flexibility index (Phi) is 11.6. The molecule has 6 heteroatoms. The molecular formula is C41H48N2O4. The molecule has 2 aromatic carbocycles. The Morgan fingerprint density at radius 1 is 0.532 bits per heavy atom. The summed E-state index contributed by atoms with van der Waals surface area (Å²) in [6, 6.07) is 20.3. The fourth-order valence-corrected chi connectivity index (χ4v) is 7.31. The van der Waals surface area contributed by atoms with Gasteiger partial charge in [0.25, 0.3) is 0 Å². The number of carbonyl (C=O) groups is 2. The lowest BCUT2D eigenvalue weighted by atomic mass is 9.70. The number of nitrogens with zero attached hydrogens (tertiary/aromatic N) is 2. The van der Waals surface area contributed by atoms with Crippen molar-refractivity contribution in [2.24, 2.45) is 0 Å². The quantitative estimate of drug-likeness (QED) is 0.106. The minimum Gasteiger partial charge on any atom is -0.477 e. The van der Waals surface area contributed by atoms with E-state index in [1.54, 1.807) is 24.5 Å². The number of aromatic nitrogens is 2. The molecule has 0 fully saturated rings. The monoisotopic (exact) mass is 632 g/mol. The van der Waals surface area contributed by atoms with Crippen LogP contribution in [0.15, 0.2) is 73.1 Å². The average molecular weight is 633 g/mol. The van der Waals surface area contributed by atoms with Gasteiger partial charge < -0.3 is 10.2 Å². The third kappa shape index (κ3) is 7.81. The molecule has 6 nitrogen and oxygen atoms in total. The van der Waals surface area contributed by atoms with Crippen molar-refractivity contribution in [2.75, 3.05) is 0 Å². The van der Waals surface area contributed by atoms with E-state index in [-0.39, 0.29) is 16.8 Å². The molecule has 0 atom stereocenters. The van der Waals surface area contributed by atoms with Gasteiger partial charge in [-0.25, -0.2) is 19.6 Å². The minimum atomic E-state index is -1.03. The minimum absolute atomic E-state index is 0.0428. The van der Waals surface area contributed by atoms with Gasteiger partial charge in [-0.15, -0.1) is 0 Å². The average Bonchev–Trinajstić information content (AvgIpc) is 3.36. The maximum atomic E-state index is 11.5. The molecule has 0 spiro atoms. The molecule has 5 rings (SSSR count). The van der Waals surface area contributed by atoms with Gasteiger partial charge in [0.15, 0.2) is 0 Å². The van der Waals surface area contributed by atoms with E-state index in [1.165, 1.54) is 86.5 Å². The van der Waals surface area contributed by atoms with Gasteiger partial charge in [0.05, 0.1) is 0 Å². The molecule has 47 heavy (non-hydrogen) atoms. The summed E-state index contributed by atoms with van der Waals surface area (Å²) in [7, 11) is 0. The lowest BCUT2D eigenvalue weighted by Gasteiger charge is -2.33. The summed E-state index contributed by atoms with van der Waals surface area (Å²) in [6.07, 6.45) is 20.3. The van der Waals surface area contributed by atoms with Crippen LogP contribution in [0.3, 0.4) is 0 Å². The number of aromatic carboxylic acids is 2. The number of carboxylic acids is 2. The highest BCUT2D eigenvalue weighted by Gasteiger charge is 2.42. The molecular weight excluding hydrogens is 584 g/mol. The number of benzene rings is 2. The van der Waals surface area contributed by atoms with Gasteiger partial charge in [-0.1, -0.05) is 127 Å². The van der Waals surface area contributed by atoms with Crippen LogP contribution in [0.5, 0.6) is 0 Å². The van der Waals surface area contributed by atoms with Crippen LogP contribution in [-0.4, -0.2) is 32.1 Å². The largest absolute Gasteiger partial charge is 0.477 e. The van der Waals surface area contributed by atoms with E-state index in [0.717, 1.165) is 47.9 Å². The van der Waals surface area contributed by atoms with E-state index >= 15 is 0 Å². The first-order valence-electron chi connectivity index (χ1n) is 17.6. The second-order valence-electron chi connectivity index (χ2n) is 13.1. The Hall–Kier alpha value is -4.32. The predicted molar refractivity (Wildman–Crippen MR) is 189 cm³/mol. The lowest BCUT2D eigenvalue weighted by Crippen LogP contribution is -2.25. The third-order valence-electron chi connectivity index (χ3n) is 9.91. The highest BCUT2D eigenvalue weighted by Crippen LogP contribution is 2.55. The van der Waals surface area contributed by atoms with Gasteiger partial charge in [-0.3, -0.25) is 0 Å². The summed E-state index contributed by atoms with van der Waals surface area (Å²) in [5, 5.41) is 18.8. The number of hydrogen-bond acceptors (Lipinski definition) is 4. The first-order chi connectivity index (χ1) is 22.9. The number of hydrogen-bond donors (Lipinski definition) is 2. The number of pyridine rings is 2. The van der Waals surface area contributed by atoms with Crippen molar-refractivity contribution in [3.05, 3.63) is 95.6 Å². The van der Waals surface area contributed by atoms with Gasteiger partial charge in [0.1, 0.15) is 11.4 Å². The molecule has 2 heterocycles. The zero-order valence-corrected chi connectivity index (χ0v) is 27.9. The van der Waals surface area contributed by atoms with Crippen LogP contribution >= 0.6 is 0 Å². The normalized spacial score (nSPS) is 12.9. The van der Waals surface area contributed by atoms with Crippen LogP contribution in [0.25, 0.3) is 33.4 Å². The molecule has 0 bridgehead atoms. The third-order valence-corrected chi connectivity index (χ3v) is 9.91. The Morgan fingerprint density at radius 3 is 1.28 bits per heavy atom. The summed E-state index contributed by atoms with van der Waals surface area (Å²) < 4.78 is 0. The smallest absolute Gasteiger partial charge is 0.354 e. The van der Waals surface area contributed by atoms with Crippen molar-refractivity contribution >= 4 is 11.9 Å². The van der Waals surface area contributed by atoms with E-state index in [4.69, 9.17) is 0 Å². The van der Waals surface area contributed by atoms with Crippen molar-refractivity contribution in [1.29, 1.82) is 0 Å². The van der Waals surface area contributed by atoms with Crippen LogP contribution in [0.2, 0.25) is 0 Å². The summed E-state index contributed by atoms with van der Waals surface area (Å²) in [4.78, 5) is 31.4. The fourth-order valence-electron chi connectivity index (χ4n) is 7.31. The first kappa shape index (κ1) is 34.0. The maximum Gasteiger partial charge on any atom is 0.354 e. The molecule has 4 aromatic rings. The van der Waals surface area contributed by atoms with Gasteiger partial charge in [-0.05, 0) is 70.5 Å². The summed E-state index contributed by atoms with van der Waals surface area (Å²) >= 11 is 0. The number of fused-ring (bicyclic) bond motifs is 3. The van der Waals surface area contributed by atoms with E-state index in [2.05, 4.69) is 60.2 Å². The van der Waals surface area contributed by atoms with E-state index in [1.807, 2.05) is 12.1 Å². The SMILES string of the molecule is CCCCCCCCC1(CCCCCCCC)c2cc(-c3ccc(C(=O)O)nc3)ccc2-c2ccc(-c3ccc(C(=O)O)nc3)cc21.